The Labute approximate surface area is 113 Å². The van der Waals surface area contributed by atoms with Crippen molar-refractivity contribution < 1.29 is 14.0 Å². The van der Waals surface area contributed by atoms with Crippen molar-refractivity contribution in [2.45, 2.75) is 52.2 Å². The van der Waals surface area contributed by atoms with E-state index in [1.54, 1.807) is 6.08 Å². The maximum absolute atomic E-state index is 11.9. The Morgan fingerprint density at radius 2 is 1.78 bits per heavy atom. The molecular weight excluding hydrogens is 244 g/mol. The second kappa shape index (κ2) is 7.74. The van der Waals surface area contributed by atoms with Crippen LogP contribution < -0.4 is 0 Å². The van der Waals surface area contributed by atoms with Crippen LogP contribution in [0.1, 0.15) is 34.1 Å². The van der Waals surface area contributed by atoms with E-state index in [1.165, 1.54) is 7.11 Å². The summed E-state index contributed by atoms with van der Waals surface area (Å²) in [6, 6.07) is 3.27. The monoisotopic (exact) mass is 272 g/mol. The Balaban J connectivity index is 4.80. The molecule has 1 atom stereocenters. The summed E-state index contributed by atoms with van der Waals surface area (Å²) in [6.07, 6.45) is 2.34. The number of allylic oxidation sites excluding steroid dienone is 1. The van der Waals surface area contributed by atoms with Gasteiger partial charge < -0.3 is 9.16 Å². The number of ether oxygens (including phenoxy) is 1. The lowest BCUT2D eigenvalue weighted by atomic mass is 9.88. The van der Waals surface area contributed by atoms with E-state index in [-0.39, 0.29) is 5.97 Å². The van der Waals surface area contributed by atoms with Crippen molar-refractivity contribution in [1.82, 2.24) is 0 Å². The highest BCUT2D eigenvalue weighted by Crippen LogP contribution is 2.29. The van der Waals surface area contributed by atoms with Gasteiger partial charge in [-0.05, 0) is 31.5 Å². The molecule has 0 rings (SSSR count). The molecule has 0 aromatic carbocycles. The molecule has 0 N–H and O–H groups in total. The van der Waals surface area contributed by atoms with E-state index in [4.69, 9.17) is 9.16 Å². The molecule has 0 unspecified atom stereocenters. The fourth-order valence-electron chi connectivity index (χ4n) is 2.13. The van der Waals surface area contributed by atoms with Crippen LogP contribution in [0, 0.1) is 5.41 Å². The molecule has 106 valence electrons. The van der Waals surface area contributed by atoms with Crippen LogP contribution in [-0.4, -0.2) is 28.0 Å². The number of rotatable bonds is 9. The molecule has 0 fully saturated rings. The lowest BCUT2D eigenvalue weighted by molar-refractivity contribution is -0.153. The Bertz CT molecular complexity index is 266. The van der Waals surface area contributed by atoms with Gasteiger partial charge >= 0.3 is 5.97 Å². The van der Waals surface area contributed by atoms with E-state index in [0.717, 1.165) is 18.1 Å². The Morgan fingerprint density at radius 3 is 2.11 bits per heavy atom. The van der Waals surface area contributed by atoms with Gasteiger partial charge in [0, 0.05) is 0 Å². The Kier molecular flexibility index (Phi) is 7.48. The standard InChI is InChI=1S/C14H28O3Si/c1-7-11-14(5,13(15)16-6)12-17-18(8-2,9-3)10-4/h7H,1,8-12H2,2-6H3/t14-/m0/s1. The Morgan fingerprint density at radius 1 is 1.28 bits per heavy atom. The first kappa shape index (κ1) is 17.4. The fourth-order valence-corrected chi connectivity index (χ4v) is 4.87. The van der Waals surface area contributed by atoms with E-state index in [9.17, 15) is 4.79 Å². The summed E-state index contributed by atoms with van der Waals surface area (Å²) in [6.45, 7) is 12.6. The summed E-state index contributed by atoms with van der Waals surface area (Å²) in [4.78, 5) is 11.9. The molecule has 3 nitrogen and oxygen atoms in total. The quantitative estimate of drug-likeness (QED) is 0.364. The number of methoxy groups -OCH3 is 1. The van der Waals surface area contributed by atoms with Gasteiger partial charge in [0.1, 0.15) is 0 Å². The second-order valence-corrected chi connectivity index (χ2v) is 9.85. The van der Waals surface area contributed by atoms with Crippen LogP contribution in [0.15, 0.2) is 12.7 Å². The van der Waals surface area contributed by atoms with Crippen LogP contribution >= 0.6 is 0 Å². The number of esters is 1. The predicted octanol–water partition coefficient (Wildman–Crippen LogP) is 3.76. The SMILES string of the molecule is C=CC[C@@](C)(CO[Si](CC)(CC)CC)C(=O)OC. The zero-order chi connectivity index (χ0) is 14.2. The minimum atomic E-state index is -1.66. The smallest absolute Gasteiger partial charge is 0.314 e. The number of carbonyl (C=O) groups excluding carboxylic acids is 1. The molecule has 0 aromatic rings. The van der Waals surface area contributed by atoms with Crippen LogP contribution in [-0.2, 0) is 14.0 Å². The third-order valence-corrected chi connectivity index (χ3v) is 8.53. The van der Waals surface area contributed by atoms with Crippen molar-refractivity contribution in [2.24, 2.45) is 5.41 Å². The van der Waals surface area contributed by atoms with E-state index in [1.807, 2.05) is 6.92 Å². The summed E-state index contributed by atoms with van der Waals surface area (Å²) in [5, 5.41) is 0. The maximum Gasteiger partial charge on any atom is 0.314 e. The van der Waals surface area contributed by atoms with E-state index >= 15 is 0 Å². The van der Waals surface area contributed by atoms with Crippen molar-refractivity contribution >= 4 is 14.3 Å². The van der Waals surface area contributed by atoms with Crippen molar-refractivity contribution in [3.8, 4) is 0 Å². The molecule has 0 aliphatic heterocycles. The fraction of sp³-hybridized carbons (Fsp3) is 0.786. The lowest BCUT2D eigenvalue weighted by Crippen LogP contribution is -2.42. The zero-order valence-electron chi connectivity index (χ0n) is 12.5. The molecular formula is C14H28O3Si. The van der Waals surface area contributed by atoms with Gasteiger partial charge in [-0.15, -0.1) is 6.58 Å². The molecule has 0 spiro atoms. The average Bonchev–Trinajstić information content (AvgIpc) is 2.40. The highest BCUT2D eigenvalue weighted by atomic mass is 28.4. The summed E-state index contributed by atoms with van der Waals surface area (Å²) < 4.78 is 11.1. The minimum Gasteiger partial charge on any atom is -0.469 e. The molecule has 4 heteroatoms. The minimum absolute atomic E-state index is 0.214. The van der Waals surface area contributed by atoms with Gasteiger partial charge in [-0.1, -0.05) is 26.8 Å². The van der Waals surface area contributed by atoms with E-state index in [2.05, 4.69) is 27.4 Å². The molecule has 0 heterocycles. The van der Waals surface area contributed by atoms with Crippen molar-refractivity contribution in [3.63, 3.8) is 0 Å². The van der Waals surface area contributed by atoms with Crippen LogP contribution in [0.4, 0.5) is 0 Å². The van der Waals surface area contributed by atoms with E-state index < -0.39 is 13.7 Å². The molecule has 18 heavy (non-hydrogen) atoms. The largest absolute Gasteiger partial charge is 0.469 e. The normalized spacial score (nSPS) is 14.9. The first-order valence-corrected chi connectivity index (χ1v) is 9.29. The predicted molar refractivity (Wildman–Crippen MR) is 78.1 cm³/mol. The molecule has 0 radical (unpaired) electrons. The van der Waals surface area contributed by atoms with Gasteiger partial charge in [-0.2, -0.15) is 0 Å². The topological polar surface area (TPSA) is 35.5 Å². The van der Waals surface area contributed by atoms with Crippen LogP contribution in [0.3, 0.4) is 0 Å². The van der Waals surface area contributed by atoms with Crippen molar-refractivity contribution in [3.05, 3.63) is 12.7 Å². The highest BCUT2D eigenvalue weighted by molar-refractivity contribution is 6.73. The summed E-state index contributed by atoms with van der Waals surface area (Å²) >= 11 is 0. The summed E-state index contributed by atoms with van der Waals surface area (Å²) in [5.41, 5.74) is -0.603. The first-order chi connectivity index (χ1) is 8.43. The molecule has 0 aromatic heterocycles. The molecule has 0 saturated carbocycles. The highest BCUT2D eigenvalue weighted by Gasteiger charge is 2.37. The van der Waals surface area contributed by atoms with Crippen LogP contribution in [0.25, 0.3) is 0 Å². The molecule has 0 saturated heterocycles. The van der Waals surface area contributed by atoms with Crippen LogP contribution in [0.2, 0.25) is 18.1 Å². The lowest BCUT2D eigenvalue weighted by Gasteiger charge is -2.33. The zero-order valence-corrected chi connectivity index (χ0v) is 13.5. The van der Waals surface area contributed by atoms with Crippen molar-refractivity contribution in [1.29, 1.82) is 0 Å². The Hall–Kier alpha value is -0.613. The molecule has 0 aliphatic rings. The first-order valence-electron chi connectivity index (χ1n) is 6.76. The van der Waals surface area contributed by atoms with Gasteiger partial charge in [-0.25, -0.2) is 0 Å². The third-order valence-electron chi connectivity index (χ3n) is 3.90. The van der Waals surface area contributed by atoms with Gasteiger partial charge in [0.15, 0.2) is 8.32 Å². The molecule has 0 aliphatic carbocycles. The average molecular weight is 272 g/mol. The third kappa shape index (κ3) is 4.25. The molecule has 0 bridgehead atoms. The summed E-state index contributed by atoms with van der Waals surface area (Å²) in [7, 11) is -0.232. The number of carbonyl (C=O) groups is 1. The number of hydrogen-bond acceptors (Lipinski definition) is 3. The van der Waals surface area contributed by atoms with E-state index in [0.29, 0.717) is 13.0 Å². The van der Waals surface area contributed by atoms with Gasteiger partial charge in [0.2, 0.25) is 0 Å². The molecule has 0 amide bonds. The van der Waals surface area contributed by atoms with Gasteiger partial charge in [0.05, 0.1) is 19.1 Å². The maximum atomic E-state index is 11.9. The van der Waals surface area contributed by atoms with Gasteiger partial charge in [0.25, 0.3) is 0 Å². The van der Waals surface area contributed by atoms with Crippen LogP contribution in [0.5, 0.6) is 0 Å². The summed E-state index contributed by atoms with van der Waals surface area (Å²) in [5.74, 6) is -0.214. The van der Waals surface area contributed by atoms with Gasteiger partial charge in [-0.3, -0.25) is 4.79 Å². The van der Waals surface area contributed by atoms with Crippen molar-refractivity contribution in [2.75, 3.05) is 13.7 Å². The second-order valence-electron chi connectivity index (χ2n) is 5.08. The number of hydrogen-bond donors (Lipinski definition) is 0.